The Morgan fingerprint density at radius 1 is 1.28 bits per heavy atom. The first kappa shape index (κ1) is 11.0. The zero-order valence-corrected chi connectivity index (χ0v) is 10.1. The summed E-state index contributed by atoms with van der Waals surface area (Å²) in [4.78, 5) is 4.40. The van der Waals surface area contributed by atoms with Crippen LogP contribution in [0.1, 0.15) is 12.5 Å². The Balaban J connectivity index is 1.97. The molecule has 3 rings (SSSR count). The molecule has 0 saturated heterocycles. The van der Waals surface area contributed by atoms with Gasteiger partial charge >= 0.3 is 0 Å². The van der Waals surface area contributed by atoms with Crippen LogP contribution in [0.4, 0.5) is 0 Å². The fraction of sp³-hybridized carbons (Fsp3) is 0.214. The lowest BCUT2D eigenvalue weighted by atomic mass is 10.2. The molecule has 0 aliphatic heterocycles. The molecular formula is C14H14N2O2. The van der Waals surface area contributed by atoms with E-state index in [0.29, 0.717) is 11.7 Å². The molecule has 18 heavy (non-hydrogen) atoms. The Hall–Kier alpha value is -2.07. The van der Waals surface area contributed by atoms with Gasteiger partial charge in [0.1, 0.15) is 5.52 Å². The number of oxazole rings is 1. The van der Waals surface area contributed by atoms with E-state index in [-0.39, 0.29) is 0 Å². The third kappa shape index (κ3) is 2.02. The van der Waals surface area contributed by atoms with Gasteiger partial charge in [0.25, 0.3) is 5.89 Å². The third-order valence-electron chi connectivity index (χ3n) is 2.76. The minimum atomic E-state index is 0.524. The van der Waals surface area contributed by atoms with Crippen molar-refractivity contribution in [2.24, 2.45) is 0 Å². The van der Waals surface area contributed by atoms with Gasteiger partial charge in [0.2, 0.25) is 0 Å². The highest BCUT2D eigenvalue weighted by Crippen LogP contribution is 2.25. The highest BCUT2D eigenvalue weighted by molar-refractivity contribution is 5.76. The first-order chi connectivity index (χ1) is 8.86. The number of rotatable bonds is 4. The van der Waals surface area contributed by atoms with Crippen LogP contribution in [-0.2, 0) is 6.54 Å². The Labute approximate surface area is 105 Å². The van der Waals surface area contributed by atoms with E-state index >= 15 is 0 Å². The molecule has 4 nitrogen and oxygen atoms in total. The van der Waals surface area contributed by atoms with Crippen LogP contribution in [0, 0.1) is 0 Å². The number of nitrogens with zero attached hydrogens (tertiary/aromatic N) is 1. The Morgan fingerprint density at radius 3 is 3.00 bits per heavy atom. The smallest absolute Gasteiger partial charge is 0.263 e. The summed E-state index contributed by atoms with van der Waals surface area (Å²) in [5, 5.41) is 3.28. The average Bonchev–Trinajstić information content (AvgIpc) is 3.03. The normalized spacial score (nSPS) is 11.2. The van der Waals surface area contributed by atoms with Crippen molar-refractivity contribution in [1.82, 2.24) is 10.3 Å². The summed E-state index contributed by atoms with van der Waals surface area (Å²) in [6.45, 7) is 3.87. The highest BCUT2D eigenvalue weighted by atomic mass is 16.4. The predicted octanol–water partition coefficient (Wildman–Crippen LogP) is 3.20. The fourth-order valence-corrected chi connectivity index (χ4v) is 1.85. The predicted molar refractivity (Wildman–Crippen MR) is 69.1 cm³/mol. The first-order valence-corrected chi connectivity index (χ1v) is 6.01. The summed E-state index contributed by atoms with van der Waals surface area (Å²) < 4.78 is 11.0. The number of hydrogen-bond acceptors (Lipinski definition) is 4. The van der Waals surface area contributed by atoms with Crippen LogP contribution in [-0.4, -0.2) is 11.5 Å². The van der Waals surface area contributed by atoms with E-state index in [4.69, 9.17) is 8.83 Å². The molecule has 0 bridgehead atoms. The standard InChI is InChI=1S/C14H14N2O2/c1-2-15-9-10-5-6-11-13(8-10)18-14(16-11)12-4-3-7-17-12/h3-8,15H,2,9H2,1H3. The van der Waals surface area contributed by atoms with Gasteiger partial charge in [-0.3, -0.25) is 0 Å². The Morgan fingerprint density at radius 2 is 2.22 bits per heavy atom. The number of nitrogens with one attached hydrogen (secondary N) is 1. The molecule has 0 unspecified atom stereocenters. The van der Waals surface area contributed by atoms with Crippen molar-refractivity contribution in [1.29, 1.82) is 0 Å². The Bertz CT molecular complexity index is 641. The molecule has 0 fully saturated rings. The van der Waals surface area contributed by atoms with Crippen LogP contribution in [0.2, 0.25) is 0 Å². The van der Waals surface area contributed by atoms with E-state index in [9.17, 15) is 0 Å². The number of hydrogen-bond donors (Lipinski definition) is 1. The van der Waals surface area contributed by atoms with Crippen molar-refractivity contribution in [2.45, 2.75) is 13.5 Å². The van der Waals surface area contributed by atoms with Crippen LogP contribution in [0.5, 0.6) is 0 Å². The molecule has 0 atom stereocenters. The van der Waals surface area contributed by atoms with Crippen LogP contribution < -0.4 is 5.32 Å². The molecule has 1 N–H and O–H groups in total. The minimum Gasteiger partial charge on any atom is -0.459 e. The number of aromatic nitrogens is 1. The second-order valence-electron chi connectivity index (χ2n) is 4.08. The van der Waals surface area contributed by atoms with Gasteiger partial charge in [0.05, 0.1) is 6.26 Å². The molecule has 0 saturated carbocycles. The van der Waals surface area contributed by atoms with Crippen molar-refractivity contribution in [3.63, 3.8) is 0 Å². The van der Waals surface area contributed by atoms with E-state index in [0.717, 1.165) is 24.2 Å². The minimum absolute atomic E-state index is 0.524. The molecule has 2 aromatic heterocycles. The molecular weight excluding hydrogens is 228 g/mol. The maximum Gasteiger partial charge on any atom is 0.263 e. The van der Waals surface area contributed by atoms with E-state index in [1.807, 2.05) is 24.3 Å². The monoisotopic (exact) mass is 242 g/mol. The third-order valence-corrected chi connectivity index (χ3v) is 2.76. The van der Waals surface area contributed by atoms with Gasteiger partial charge in [0, 0.05) is 6.54 Å². The van der Waals surface area contributed by atoms with Crippen molar-refractivity contribution < 1.29 is 8.83 Å². The Kier molecular flexibility index (Phi) is 2.86. The number of furan rings is 1. The largest absolute Gasteiger partial charge is 0.459 e. The van der Waals surface area contributed by atoms with Crippen molar-refractivity contribution in [3.05, 3.63) is 42.2 Å². The first-order valence-electron chi connectivity index (χ1n) is 6.01. The van der Waals surface area contributed by atoms with Gasteiger partial charge in [-0.2, -0.15) is 0 Å². The molecule has 0 spiro atoms. The molecule has 2 heterocycles. The van der Waals surface area contributed by atoms with Crippen molar-refractivity contribution in [2.75, 3.05) is 6.54 Å². The molecule has 3 aromatic rings. The SMILES string of the molecule is CCNCc1ccc2nc(-c3ccco3)oc2c1. The molecule has 4 heteroatoms. The topological polar surface area (TPSA) is 51.2 Å². The fourth-order valence-electron chi connectivity index (χ4n) is 1.85. The summed E-state index contributed by atoms with van der Waals surface area (Å²) >= 11 is 0. The summed E-state index contributed by atoms with van der Waals surface area (Å²) in [5.41, 5.74) is 2.82. The lowest BCUT2D eigenvalue weighted by molar-refractivity contribution is 0.534. The lowest BCUT2D eigenvalue weighted by Gasteiger charge is -2.00. The van der Waals surface area contributed by atoms with Crippen LogP contribution in [0.15, 0.2) is 45.4 Å². The summed E-state index contributed by atoms with van der Waals surface area (Å²) in [6, 6.07) is 9.69. The molecule has 1 aromatic carbocycles. The van der Waals surface area contributed by atoms with Crippen LogP contribution >= 0.6 is 0 Å². The summed E-state index contributed by atoms with van der Waals surface area (Å²) in [6.07, 6.45) is 1.61. The number of benzene rings is 1. The zero-order valence-electron chi connectivity index (χ0n) is 10.1. The van der Waals surface area contributed by atoms with Gasteiger partial charge in [-0.25, -0.2) is 4.98 Å². The van der Waals surface area contributed by atoms with E-state index < -0.39 is 0 Å². The van der Waals surface area contributed by atoms with E-state index in [1.54, 1.807) is 6.26 Å². The van der Waals surface area contributed by atoms with Gasteiger partial charge in [-0.1, -0.05) is 13.0 Å². The quantitative estimate of drug-likeness (QED) is 0.763. The van der Waals surface area contributed by atoms with E-state index in [1.165, 1.54) is 5.56 Å². The molecule has 0 radical (unpaired) electrons. The summed E-state index contributed by atoms with van der Waals surface area (Å²) in [7, 11) is 0. The molecule has 92 valence electrons. The zero-order chi connectivity index (χ0) is 12.4. The maximum absolute atomic E-state index is 5.70. The maximum atomic E-state index is 5.70. The van der Waals surface area contributed by atoms with Gasteiger partial charge < -0.3 is 14.2 Å². The van der Waals surface area contributed by atoms with Gasteiger partial charge in [-0.05, 0) is 36.4 Å². The molecule has 0 amide bonds. The number of fused-ring (bicyclic) bond motifs is 1. The molecule has 0 aliphatic rings. The van der Waals surface area contributed by atoms with Gasteiger partial charge in [-0.15, -0.1) is 0 Å². The average molecular weight is 242 g/mol. The molecule has 0 aliphatic carbocycles. The van der Waals surface area contributed by atoms with Crippen LogP contribution in [0.25, 0.3) is 22.8 Å². The van der Waals surface area contributed by atoms with E-state index in [2.05, 4.69) is 23.3 Å². The van der Waals surface area contributed by atoms with Crippen molar-refractivity contribution >= 4 is 11.1 Å². The lowest BCUT2D eigenvalue weighted by Crippen LogP contribution is -2.11. The van der Waals surface area contributed by atoms with Crippen molar-refractivity contribution in [3.8, 4) is 11.7 Å². The second-order valence-corrected chi connectivity index (χ2v) is 4.08. The van der Waals surface area contributed by atoms with Gasteiger partial charge in [0.15, 0.2) is 11.3 Å². The van der Waals surface area contributed by atoms with Crippen LogP contribution in [0.3, 0.4) is 0 Å². The summed E-state index contributed by atoms with van der Waals surface area (Å²) in [5.74, 6) is 1.18. The second kappa shape index (κ2) is 4.66. The highest BCUT2D eigenvalue weighted by Gasteiger charge is 2.10.